The maximum Gasteiger partial charge on any atom is 0.300 e. The minimum atomic E-state index is -0.410. The summed E-state index contributed by atoms with van der Waals surface area (Å²) in [5.74, 6) is 5.28. The van der Waals surface area contributed by atoms with Crippen LogP contribution in [0.25, 0.3) is 0 Å². The van der Waals surface area contributed by atoms with E-state index in [4.69, 9.17) is 0 Å². The highest BCUT2D eigenvalue weighted by Crippen LogP contribution is 2.20. The van der Waals surface area contributed by atoms with Gasteiger partial charge in [0.1, 0.15) is 0 Å². The Hall–Kier alpha value is -2.28. The van der Waals surface area contributed by atoms with Crippen LogP contribution in [-0.4, -0.2) is 17.9 Å². The van der Waals surface area contributed by atoms with Gasteiger partial charge in [0.15, 0.2) is 0 Å². The molecule has 0 fully saturated rings. The normalized spacial score (nSPS) is 11.7. The van der Waals surface area contributed by atoms with E-state index in [-0.39, 0.29) is 11.9 Å². The van der Waals surface area contributed by atoms with Crippen molar-refractivity contribution in [2.75, 3.05) is 5.32 Å². The quantitative estimate of drug-likeness (QED) is 0.736. The highest BCUT2D eigenvalue weighted by Gasteiger charge is 2.20. The first kappa shape index (κ1) is 20.8. The third-order valence-electron chi connectivity index (χ3n) is 4.07. The van der Waals surface area contributed by atoms with Crippen LogP contribution in [0.15, 0.2) is 18.2 Å². The summed E-state index contributed by atoms with van der Waals surface area (Å²) in [6.45, 7) is 12.1. The summed E-state index contributed by atoms with van der Waals surface area (Å²) in [4.78, 5) is 24.6. The lowest BCUT2D eigenvalue weighted by Crippen LogP contribution is -2.39. The molecular weight excluding hydrogens is 312 g/mol. The Morgan fingerprint density at radius 2 is 1.84 bits per heavy atom. The molecule has 1 aromatic rings. The maximum absolute atomic E-state index is 12.8. The smallest absolute Gasteiger partial charge is 0.300 e. The Morgan fingerprint density at radius 1 is 1.16 bits per heavy atom. The molecule has 0 aliphatic rings. The summed E-state index contributed by atoms with van der Waals surface area (Å²) in [6, 6.07) is 5.63. The van der Waals surface area contributed by atoms with E-state index < -0.39 is 5.91 Å². The molecule has 0 radical (unpaired) electrons. The van der Waals surface area contributed by atoms with Gasteiger partial charge in [-0.05, 0) is 55.2 Å². The third kappa shape index (κ3) is 6.62. The fourth-order valence-corrected chi connectivity index (χ4v) is 2.63. The van der Waals surface area contributed by atoms with Gasteiger partial charge in [0.05, 0.1) is 11.3 Å². The van der Waals surface area contributed by atoms with Crippen molar-refractivity contribution in [3.63, 3.8) is 0 Å². The van der Waals surface area contributed by atoms with Crippen molar-refractivity contribution in [3.05, 3.63) is 29.3 Å². The topological polar surface area (TPSA) is 58.2 Å². The number of amides is 2. The molecule has 0 heterocycles. The fraction of sp³-hybridized carbons (Fsp3) is 0.524. The molecule has 2 N–H and O–H groups in total. The van der Waals surface area contributed by atoms with E-state index in [1.54, 1.807) is 13.0 Å². The van der Waals surface area contributed by atoms with E-state index in [2.05, 4.69) is 50.2 Å². The zero-order chi connectivity index (χ0) is 19.0. The molecule has 0 saturated heterocycles. The van der Waals surface area contributed by atoms with Crippen LogP contribution >= 0.6 is 0 Å². The van der Waals surface area contributed by atoms with E-state index in [9.17, 15) is 9.59 Å². The molecule has 1 unspecified atom stereocenters. The second-order valence-electron chi connectivity index (χ2n) is 7.02. The second kappa shape index (κ2) is 9.88. The number of nitrogens with one attached hydrogen (secondary N) is 2. The van der Waals surface area contributed by atoms with Crippen molar-refractivity contribution < 1.29 is 9.59 Å². The summed E-state index contributed by atoms with van der Waals surface area (Å²) in [7, 11) is 0. The summed E-state index contributed by atoms with van der Waals surface area (Å²) in [5.41, 5.74) is 2.04. The third-order valence-corrected chi connectivity index (χ3v) is 4.07. The first-order chi connectivity index (χ1) is 11.8. The molecule has 2 amide bonds. The number of benzene rings is 1. The van der Waals surface area contributed by atoms with Crippen molar-refractivity contribution in [1.82, 2.24) is 5.32 Å². The van der Waals surface area contributed by atoms with Gasteiger partial charge in [0.2, 0.25) is 0 Å². The minimum absolute atomic E-state index is 0.0948. The number of hydrogen-bond acceptors (Lipinski definition) is 2. The zero-order valence-electron chi connectivity index (χ0n) is 16.2. The molecular formula is C21H30N2O2. The molecule has 25 heavy (non-hydrogen) atoms. The van der Waals surface area contributed by atoms with Crippen LogP contribution in [-0.2, 0) is 11.2 Å². The van der Waals surface area contributed by atoms with Gasteiger partial charge in [-0.15, -0.1) is 0 Å². The van der Waals surface area contributed by atoms with Crippen molar-refractivity contribution in [2.24, 2.45) is 11.8 Å². The van der Waals surface area contributed by atoms with Gasteiger partial charge in [-0.2, -0.15) is 0 Å². The van der Waals surface area contributed by atoms with Crippen LogP contribution in [0.1, 0.15) is 63.9 Å². The SMILES string of the molecule is CC#CC(=O)Nc1cc(CC)ccc1C(=O)NC(CC(C)C)C(C)C. The second-order valence-corrected chi connectivity index (χ2v) is 7.02. The standard InChI is InChI=1S/C21H30N2O2/c1-7-9-20(24)22-19-13-16(8-2)10-11-17(19)21(25)23-18(15(5)6)12-14(3)4/h10-11,13-15,18H,8,12H2,1-6H3,(H,22,24)(H,23,25). The average Bonchev–Trinajstić information content (AvgIpc) is 2.53. The molecule has 1 rings (SSSR count). The minimum Gasteiger partial charge on any atom is -0.349 e. The summed E-state index contributed by atoms with van der Waals surface area (Å²) >= 11 is 0. The maximum atomic E-state index is 12.8. The van der Waals surface area contributed by atoms with E-state index in [1.165, 1.54) is 0 Å². The van der Waals surface area contributed by atoms with Gasteiger partial charge >= 0.3 is 0 Å². The average molecular weight is 342 g/mol. The van der Waals surface area contributed by atoms with Gasteiger partial charge in [0.25, 0.3) is 11.8 Å². The Bertz CT molecular complexity index is 666. The molecule has 0 spiro atoms. The zero-order valence-corrected chi connectivity index (χ0v) is 16.2. The van der Waals surface area contributed by atoms with Gasteiger partial charge < -0.3 is 10.6 Å². The van der Waals surface area contributed by atoms with Crippen LogP contribution < -0.4 is 10.6 Å². The largest absolute Gasteiger partial charge is 0.349 e. The summed E-state index contributed by atoms with van der Waals surface area (Å²) in [5, 5.41) is 5.86. The lowest BCUT2D eigenvalue weighted by atomic mass is 9.94. The van der Waals surface area contributed by atoms with Crippen LogP contribution in [0, 0.1) is 23.7 Å². The Labute approximate surface area is 151 Å². The van der Waals surface area contributed by atoms with Crippen molar-refractivity contribution in [3.8, 4) is 11.8 Å². The summed E-state index contributed by atoms with van der Waals surface area (Å²) < 4.78 is 0. The van der Waals surface area contributed by atoms with Crippen LogP contribution in [0.4, 0.5) is 5.69 Å². The molecule has 1 aromatic carbocycles. The van der Waals surface area contributed by atoms with E-state index >= 15 is 0 Å². The number of carbonyl (C=O) groups is 2. The highest BCUT2D eigenvalue weighted by atomic mass is 16.2. The Kier molecular flexibility index (Phi) is 8.21. The number of hydrogen-bond donors (Lipinski definition) is 2. The van der Waals surface area contributed by atoms with Gasteiger partial charge in [0, 0.05) is 6.04 Å². The van der Waals surface area contributed by atoms with E-state index in [1.807, 2.05) is 19.1 Å². The molecule has 0 bridgehead atoms. The number of carbonyl (C=O) groups excluding carboxylic acids is 2. The van der Waals surface area contributed by atoms with Crippen molar-refractivity contribution >= 4 is 17.5 Å². The number of aryl methyl sites for hydroxylation is 1. The van der Waals surface area contributed by atoms with Crippen LogP contribution in [0.3, 0.4) is 0 Å². The van der Waals surface area contributed by atoms with Crippen molar-refractivity contribution in [1.29, 1.82) is 0 Å². The first-order valence-corrected chi connectivity index (χ1v) is 8.95. The van der Waals surface area contributed by atoms with E-state index in [0.717, 1.165) is 18.4 Å². The molecule has 0 aliphatic carbocycles. The lowest BCUT2D eigenvalue weighted by molar-refractivity contribution is -0.111. The number of anilines is 1. The molecule has 0 saturated carbocycles. The lowest BCUT2D eigenvalue weighted by Gasteiger charge is -2.25. The van der Waals surface area contributed by atoms with Gasteiger partial charge in [-0.25, -0.2) is 0 Å². The fourth-order valence-electron chi connectivity index (χ4n) is 2.63. The molecule has 0 aliphatic heterocycles. The van der Waals surface area contributed by atoms with Gasteiger partial charge in [-0.1, -0.05) is 46.6 Å². The molecule has 4 nitrogen and oxygen atoms in total. The van der Waals surface area contributed by atoms with E-state index in [0.29, 0.717) is 23.1 Å². The Balaban J connectivity index is 3.09. The number of rotatable bonds is 7. The molecule has 0 aromatic heterocycles. The first-order valence-electron chi connectivity index (χ1n) is 8.95. The predicted molar refractivity (Wildman–Crippen MR) is 103 cm³/mol. The molecule has 136 valence electrons. The van der Waals surface area contributed by atoms with Crippen molar-refractivity contribution in [2.45, 2.75) is 60.4 Å². The van der Waals surface area contributed by atoms with Crippen LogP contribution in [0.5, 0.6) is 0 Å². The monoisotopic (exact) mass is 342 g/mol. The predicted octanol–water partition coefficient (Wildman–Crippen LogP) is 4.01. The Morgan fingerprint density at radius 3 is 2.36 bits per heavy atom. The molecule has 1 atom stereocenters. The highest BCUT2D eigenvalue weighted by molar-refractivity contribution is 6.09. The summed E-state index contributed by atoms with van der Waals surface area (Å²) in [6.07, 6.45) is 1.74. The molecule has 4 heteroatoms. The van der Waals surface area contributed by atoms with Gasteiger partial charge in [-0.3, -0.25) is 9.59 Å². The van der Waals surface area contributed by atoms with Crippen LogP contribution in [0.2, 0.25) is 0 Å².